The smallest absolute Gasteiger partial charge is 0.332 e. The minimum atomic E-state index is -0.630. The molecule has 3 aliphatic rings. The van der Waals surface area contributed by atoms with Crippen LogP contribution in [0.2, 0.25) is 0 Å². The Labute approximate surface area is 326 Å². The van der Waals surface area contributed by atoms with Crippen molar-refractivity contribution in [2.24, 2.45) is 23.3 Å². The van der Waals surface area contributed by atoms with Crippen LogP contribution in [-0.2, 0) is 33.4 Å². The van der Waals surface area contributed by atoms with E-state index in [-0.39, 0.29) is 35.5 Å². The number of rotatable bonds is 9. The van der Waals surface area contributed by atoms with Crippen molar-refractivity contribution >= 4 is 41.5 Å². The first-order valence-electron chi connectivity index (χ1n) is 19.0. The zero-order valence-corrected chi connectivity index (χ0v) is 35.8. The van der Waals surface area contributed by atoms with Gasteiger partial charge >= 0.3 is 11.9 Å². The molecule has 0 aromatic heterocycles. The molecule has 0 bridgehead atoms. The van der Waals surface area contributed by atoms with Crippen molar-refractivity contribution in [1.82, 2.24) is 4.90 Å². The van der Waals surface area contributed by atoms with Gasteiger partial charge in [0, 0.05) is 32.0 Å². The number of aliphatic hydroxyl groups excluding tert-OH is 1. The normalized spacial score (nSPS) is 18.3. The predicted octanol–water partition coefficient (Wildman–Crippen LogP) is 6.86. The number of aliphatic hydroxyl groups is 1. The molecular weight excluding hydrogens is 692 g/mol. The lowest BCUT2D eigenvalue weighted by Gasteiger charge is -2.31. The van der Waals surface area contributed by atoms with Gasteiger partial charge in [-0.2, -0.15) is 0 Å². The second kappa shape index (κ2) is 35.6. The highest BCUT2D eigenvalue weighted by molar-refractivity contribution is 5.90. The summed E-state index contributed by atoms with van der Waals surface area (Å²) in [4.78, 5) is 55.7. The number of nitrogens with zero attached hydrogens (tertiary/aromatic N) is 2. The average Bonchev–Trinajstić information content (AvgIpc) is 3.82. The first-order valence-corrected chi connectivity index (χ1v) is 19.0. The van der Waals surface area contributed by atoms with Crippen LogP contribution >= 0.6 is 0 Å². The van der Waals surface area contributed by atoms with Gasteiger partial charge in [0.15, 0.2) is 0 Å². The number of aldehydes is 1. The Balaban J connectivity index is -0.000000300. The average molecular weight is 767 g/mol. The zero-order chi connectivity index (χ0) is 42.8. The molecule has 4 rings (SSSR count). The van der Waals surface area contributed by atoms with E-state index < -0.39 is 12.0 Å². The van der Waals surface area contributed by atoms with Crippen LogP contribution in [0, 0.1) is 11.8 Å². The number of methoxy groups -OCH3 is 3. The molecule has 1 saturated heterocycles. The lowest BCUT2D eigenvalue weighted by molar-refractivity contribution is -0.142. The SMILES string of the molecule is C/C=C\C1CC1C(=O)OC.CC.CC.CC.CC(N)=O.CCCCCC=O.CN1CCCC1C(N)=O.COC(=O)C1C=C(O)c2ccc(OC)cc2N1C. The maximum atomic E-state index is 11.6. The molecule has 1 saturated carbocycles. The monoisotopic (exact) mass is 767 g/mol. The molecule has 312 valence electrons. The van der Waals surface area contributed by atoms with Crippen LogP contribution in [0.5, 0.6) is 5.75 Å². The number of esters is 2. The summed E-state index contributed by atoms with van der Waals surface area (Å²) in [6, 6.07) is 4.66. The number of hydrogen-bond donors (Lipinski definition) is 3. The lowest BCUT2D eigenvalue weighted by Crippen LogP contribution is -2.40. The van der Waals surface area contributed by atoms with Gasteiger partial charge < -0.3 is 40.5 Å². The minimum absolute atomic E-state index is 0.00463. The molecule has 2 amide bonds. The predicted molar refractivity (Wildman–Crippen MR) is 220 cm³/mol. The third kappa shape index (κ3) is 24.0. The Bertz CT molecular complexity index is 1230. The molecule has 13 nitrogen and oxygen atoms in total. The van der Waals surface area contributed by atoms with Gasteiger partial charge in [-0.15, -0.1) is 0 Å². The molecule has 0 radical (unpaired) electrons. The van der Waals surface area contributed by atoms with Crippen molar-refractivity contribution in [3.8, 4) is 5.75 Å². The standard InChI is InChI=1S/C13H15NO4.C8H12O2.C6H12N2O.C6H12O.C2H5NO.3C2H6/c1-14-10-6-8(17-2)4-5-9(10)12(15)7-11(14)13(16)18-3;1-3-4-6-5-7(6)8(9)10-2;1-8-4-2-3-5(8)6(7)9;1-2-3-4-5-6-7;1-2(3)4;3*1-2/h4-7,11,15H,1-3H3;3-4,6-7H,5H2,1-2H3;5H,2-4H2,1H3,(H2,7,9);6H,2-5H2,1H3;1H3,(H2,3,4);3*1-2H3/b;4-3-;;;;;;. The molecule has 2 fully saturated rings. The van der Waals surface area contributed by atoms with E-state index >= 15 is 0 Å². The molecule has 1 aromatic rings. The van der Waals surface area contributed by atoms with Gasteiger partial charge in [0.2, 0.25) is 11.8 Å². The van der Waals surface area contributed by atoms with Gasteiger partial charge in [-0.1, -0.05) is 73.5 Å². The van der Waals surface area contributed by atoms with E-state index in [9.17, 15) is 29.1 Å². The van der Waals surface area contributed by atoms with Gasteiger partial charge in [0.1, 0.15) is 23.8 Å². The minimum Gasteiger partial charge on any atom is -0.507 e. The van der Waals surface area contributed by atoms with Gasteiger partial charge in [0.05, 0.1) is 39.0 Å². The summed E-state index contributed by atoms with van der Waals surface area (Å²) in [5, 5.41) is 9.94. The van der Waals surface area contributed by atoms with Crippen molar-refractivity contribution < 1.29 is 43.3 Å². The van der Waals surface area contributed by atoms with Gasteiger partial charge in [-0.05, 0) is 70.3 Å². The Hall–Kier alpha value is -4.39. The summed E-state index contributed by atoms with van der Waals surface area (Å²) >= 11 is 0. The highest BCUT2D eigenvalue weighted by atomic mass is 16.5. The number of hydrogen-bond acceptors (Lipinski definition) is 11. The summed E-state index contributed by atoms with van der Waals surface area (Å²) < 4.78 is 14.4. The van der Waals surface area contributed by atoms with Gasteiger partial charge in [0.25, 0.3) is 0 Å². The van der Waals surface area contributed by atoms with Gasteiger partial charge in [-0.3, -0.25) is 19.3 Å². The number of unbranched alkanes of at least 4 members (excludes halogenated alkanes) is 3. The molecule has 4 atom stereocenters. The van der Waals surface area contributed by atoms with Crippen molar-refractivity contribution in [3.05, 3.63) is 42.0 Å². The van der Waals surface area contributed by atoms with Crippen LogP contribution in [0.15, 0.2) is 36.4 Å². The number of likely N-dealkylation sites (N-methyl/N-ethyl adjacent to an activating group) is 2. The van der Waals surface area contributed by atoms with Crippen LogP contribution < -0.4 is 21.1 Å². The van der Waals surface area contributed by atoms with Crippen LogP contribution in [0.1, 0.15) is 113 Å². The molecule has 5 N–H and O–H groups in total. The summed E-state index contributed by atoms with van der Waals surface area (Å²) in [6.45, 7) is 18.4. The maximum Gasteiger partial charge on any atom is 0.332 e. The van der Waals surface area contributed by atoms with Crippen LogP contribution in [0.25, 0.3) is 5.76 Å². The molecule has 54 heavy (non-hydrogen) atoms. The fourth-order valence-corrected chi connectivity index (χ4v) is 4.84. The number of carbonyl (C=O) groups is 5. The number of carbonyl (C=O) groups excluding carboxylic acids is 5. The number of anilines is 1. The van der Waals surface area contributed by atoms with Crippen molar-refractivity contribution in [2.45, 2.75) is 119 Å². The second-order valence-electron chi connectivity index (χ2n) is 11.4. The van der Waals surface area contributed by atoms with Crippen LogP contribution in [0.3, 0.4) is 0 Å². The molecule has 1 aliphatic carbocycles. The number of fused-ring (bicyclic) bond motifs is 1. The second-order valence-corrected chi connectivity index (χ2v) is 11.4. The Morgan fingerprint density at radius 2 is 1.50 bits per heavy atom. The highest BCUT2D eigenvalue weighted by Crippen LogP contribution is 2.40. The summed E-state index contributed by atoms with van der Waals surface area (Å²) in [5.41, 5.74) is 11.0. The number of likely N-dealkylation sites (tertiary alicyclic amines) is 1. The fraction of sp³-hybridized carbons (Fsp3) is 0.634. The Kier molecular flexibility index (Phi) is 37.2. The largest absolute Gasteiger partial charge is 0.507 e. The molecular formula is C41H74N4O9. The van der Waals surface area contributed by atoms with Crippen LogP contribution in [-0.4, -0.2) is 94.1 Å². The number of amides is 2. The molecule has 13 heteroatoms. The van der Waals surface area contributed by atoms with E-state index in [0.717, 1.165) is 50.6 Å². The highest BCUT2D eigenvalue weighted by Gasteiger charge is 2.41. The molecule has 1 aromatic carbocycles. The fourth-order valence-electron chi connectivity index (χ4n) is 4.84. The molecule has 2 heterocycles. The summed E-state index contributed by atoms with van der Waals surface area (Å²) in [6.07, 6.45) is 13.7. The Morgan fingerprint density at radius 3 is 1.89 bits per heavy atom. The number of primary amides is 2. The molecule has 2 aliphatic heterocycles. The molecule has 0 spiro atoms. The number of benzene rings is 1. The lowest BCUT2D eigenvalue weighted by atomic mass is 10.0. The van der Waals surface area contributed by atoms with Gasteiger partial charge in [-0.25, -0.2) is 4.79 Å². The maximum absolute atomic E-state index is 11.6. The van der Waals surface area contributed by atoms with E-state index in [1.54, 1.807) is 37.3 Å². The van der Waals surface area contributed by atoms with E-state index in [4.69, 9.17) is 15.2 Å². The first kappa shape index (κ1) is 56.4. The number of ether oxygens (including phenoxy) is 3. The zero-order valence-electron chi connectivity index (χ0n) is 35.8. The third-order valence-corrected chi connectivity index (χ3v) is 7.59. The van der Waals surface area contributed by atoms with E-state index in [0.29, 0.717) is 17.2 Å². The van der Waals surface area contributed by atoms with Crippen molar-refractivity contribution in [1.29, 1.82) is 0 Å². The van der Waals surface area contributed by atoms with Crippen LogP contribution in [0.4, 0.5) is 5.69 Å². The third-order valence-electron chi connectivity index (χ3n) is 7.59. The quantitative estimate of drug-likeness (QED) is 0.103. The molecule has 4 unspecified atom stereocenters. The summed E-state index contributed by atoms with van der Waals surface area (Å²) in [7, 11) is 8.03. The number of nitrogens with two attached hydrogens (primary N) is 2. The topological polar surface area (TPSA) is 192 Å². The first-order chi connectivity index (χ1) is 25.7. The number of allylic oxidation sites excluding steroid dienone is 2. The van der Waals surface area contributed by atoms with E-state index in [1.165, 1.54) is 40.1 Å². The van der Waals surface area contributed by atoms with Crippen molar-refractivity contribution in [2.75, 3.05) is 46.9 Å². The Morgan fingerprint density at radius 1 is 0.944 bits per heavy atom. The van der Waals surface area contributed by atoms with E-state index in [2.05, 4.69) is 23.5 Å². The summed E-state index contributed by atoms with van der Waals surface area (Å²) in [5.74, 6) is 0.342. The van der Waals surface area contributed by atoms with E-state index in [1.807, 2.05) is 66.5 Å². The van der Waals surface area contributed by atoms with Crippen molar-refractivity contribution in [3.63, 3.8) is 0 Å².